The van der Waals surface area contributed by atoms with E-state index in [9.17, 15) is 0 Å². The number of ether oxygens (including phenoxy) is 1. The van der Waals surface area contributed by atoms with Crippen LogP contribution in [0.3, 0.4) is 0 Å². The zero-order valence-corrected chi connectivity index (χ0v) is 14.5. The summed E-state index contributed by atoms with van der Waals surface area (Å²) in [5, 5.41) is 3.20. The van der Waals surface area contributed by atoms with Crippen molar-refractivity contribution < 1.29 is 4.74 Å². The highest BCUT2D eigenvalue weighted by atomic mass is 35.5. The topological polar surface area (TPSA) is 35.0 Å². The molecule has 0 saturated carbocycles. The Kier molecular flexibility index (Phi) is 4.28. The molecule has 0 spiro atoms. The van der Waals surface area contributed by atoms with E-state index in [-0.39, 0.29) is 5.28 Å². The second-order valence-electron chi connectivity index (χ2n) is 4.36. The van der Waals surface area contributed by atoms with Crippen LogP contribution in [0.4, 0.5) is 0 Å². The molecule has 3 aromatic rings. The summed E-state index contributed by atoms with van der Waals surface area (Å²) in [4.78, 5) is 8.06. The average Bonchev–Trinajstić information content (AvgIpc) is 2.42. The molecule has 0 saturated heterocycles. The van der Waals surface area contributed by atoms with E-state index in [0.717, 1.165) is 16.4 Å². The minimum Gasteiger partial charge on any atom is -0.457 e. The predicted octanol–water partition coefficient (Wildman–Crippen LogP) is 3.73. The molecule has 3 nitrogen and oxygen atoms in total. The van der Waals surface area contributed by atoms with Crippen LogP contribution in [0.5, 0.6) is 11.5 Å². The number of hydrogen-bond acceptors (Lipinski definition) is 3. The first-order valence-electron chi connectivity index (χ1n) is 5.98. The molecule has 0 aliphatic heterocycles. The lowest BCUT2D eigenvalue weighted by atomic mass is 10.2. The average molecular weight is 355 g/mol. The standard InChI is InChI=1S/C14H10Cl2N2OP2/c15-13-9-5-7(1-3-10(9)17-14(16)18-13)19-11-4-2-8(20)6-12(11)21/h1-6H,20-21H2. The number of hydrogen-bond donors (Lipinski definition) is 0. The number of benzene rings is 2. The summed E-state index contributed by atoms with van der Waals surface area (Å²) in [6.45, 7) is 0. The van der Waals surface area contributed by atoms with Gasteiger partial charge in [-0.2, -0.15) is 0 Å². The number of aromatic nitrogens is 2. The van der Waals surface area contributed by atoms with Gasteiger partial charge in [-0.25, -0.2) is 9.97 Å². The van der Waals surface area contributed by atoms with Crippen LogP contribution in [0.25, 0.3) is 10.9 Å². The molecule has 0 aliphatic carbocycles. The van der Waals surface area contributed by atoms with Crippen LogP contribution in [0.2, 0.25) is 10.4 Å². The van der Waals surface area contributed by atoms with Crippen LogP contribution in [-0.4, -0.2) is 9.97 Å². The van der Waals surface area contributed by atoms with Crippen LogP contribution in [0.15, 0.2) is 36.4 Å². The largest absolute Gasteiger partial charge is 0.457 e. The lowest BCUT2D eigenvalue weighted by molar-refractivity contribution is 0.487. The highest BCUT2D eigenvalue weighted by Gasteiger charge is 2.08. The minimum absolute atomic E-state index is 0.129. The van der Waals surface area contributed by atoms with E-state index in [1.165, 1.54) is 0 Å². The normalized spacial score (nSPS) is 10.9. The maximum absolute atomic E-state index is 6.09. The van der Waals surface area contributed by atoms with E-state index < -0.39 is 0 Å². The summed E-state index contributed by atoms with van der Waals surface area (Å²) in [6, 6.07) is 11.3. The summed E-state index contributed by atoms with van der Waals surface area (Å²) < 4.78 is 5.88. The van der Waals surface area contributed by atoms with Gasteiger partial charge in [0, 0.05) is 10.7 Å². The molecule has 0 amide bonds. The smallest absolute Gasteiger partial charge is 0.224 e. The third-order valence-electron chi connectivity index (χ3n) is 2.86. The van der Waals surface area contributed by atoms with Crippen molar-refractivity contribution in [2.24, 2.45) is 0 Å². The first kappa shape index (κ1) is 14.9. The van der Waals surface area contributed by atoms with Gasteiger partial charge in [-0.1, -0.05) is 17.7 Å². The molecule has 7 heteroatoms. The number of nitrogens with zero attached hydrogens (tertiary/aromatic N) is 2. The van der Waals surface area contributed by atoms with Crippen LogP contribution in [-0.2, 0) is 0 Å². The Morgan fingerprint density at radius 1 is 0.952 bits per heavy atom. The van der Waals surface area contributed by atoms with E-state index in [0.29, 0.717) is 21.8 Å². The quantitative estimate of drug-likeness (QED) is 0.399. The summed E-state index contributed by atoms with van der Waals surface area (Å²) in [5.41, 5.74) is 0.679. The molecule has 106 valence electrons. The molecule has 0 fully saturated rings. The molecule has 0 radical (unpaired) electrons. The highest BCUT2D eigenvalue weighted by molar-refractivity contribution is 7.29. The van der Waals surface area contributed by atoms with Crippen LogP contribution < -0.4 is 15.3 Å². The van der Waals surface area contributed by atoms with Crippen molar-refractivity contribution in [1.82, 2.24) is 9.97 Å². The minimum atomic E-state index is 0.129. The maximum atomic E-state index is 6.09. The van der Waals surface area contributed by atoms with Crippen molar-refractivity contribution >= 4 is 63.2 Å². The Hall–Kier alpha value is -0.980. The Morgan fingerprint density at radius 2 is 1.76 bits per heavy atom. The molecule has 0 bridgehead atoms. The van der Waals surface area contributed by atoms with Crippen LogP contribution >= 0.6 is 41.7 Å². The molecular weight excluding hydrogens is 345 g/mol. The Balaban J connectivity index is 2.01. The number of fused-ring (bicyclic) bond motifs is 1. The molecule has 21 heavy (non-hydrogen) atoms. The first-order valence-corrected chi connectivity index (χ1v) is 7.89. The number of rotatable bonds is 2. The molecule has 0 N–H and O–H groups in total. The van der Waals surface area contributed by atoms with Crippen molar-refractivity contribution in [3.63, 3.8) is 0 Å². The van der Waals surface area contributed by atoms with E-state index in [1.807, 2.05) is 24.3 Å². The Morgan fingerprint density at radius 3 is 2.52 bits per heavy atom. The maximum Gasteiger partial charge on any atom is 0.224 e. The predicted molar refractivity (Wildman–Crippen MR) is 94.8 cm³/mol. The van der Waals surface area contributed by atoms with Gasteiger partial charge < -0.3 is 4.74 Å². The fraction of sp³-hybridized carbons (Fsp3) is 0. The number of halogens is 2. The van der Waals surface area contributed by atoms with Crippen LogP contribution in [0.1, 0.15) is 0 Å². The third kappa shape index (κ3) is 3.27. The van der Waals surface area contributed by atoms with Gasteiger partial charge in [0.2, 0.25) is 5.28 Å². The van der Waals surface area contributed by atoms with Gasteiger partial charge in [0.05, 0.1) is 5.52 Å². The summed E-state index contributed by atoms with van der Waals surface area (Å²) in [6.07, 6.45) is 0. The third-order valence-corrected chi connectivity index (χ3v) is 4.12. The summed E-state index contributed by atoms with van der Waals surface area (Å²) in [5.74, 6) is 1.42. The Bertz CT molecular complexity index is 843. The monoisotopic (exact) mass is 354 g/mol. The zero-order valence-electron chi connectivity index (χ0n) is 10.7. The molecular formula is C14H10Cl2N2OP2. The molecule has 0 aliphatic rings. The van der Waals surface area contributed by atoms with Gasteiger partial charge in [-0.3, -0.25) is 0 Å². The van der Waals surface area contributed by atoms with Crippen LogP contribution in [0, 0.1) is 0 Å². The SMILES string of the molecule is Pc1ccc(Oc2ccc3nc(Cl)nc(Cl)c3c2)c(P)c1. The van der Waals surface area contributed by atoms with Gasteiger partial charge >= 0.3 is 0 Å². The molecule has 1 heterocycles. The first-order chi connectivity index (χ1) is 10.0. The van der Waals surface area contributed by atoms with Crippen molar-refractivity contribution in [2.45, 2.75) is 0 Å². The zero-order chi connectivity index (χ0) is 15.0. The van der Waals surface area contributed by atoms with Gasteiger partial charge in [0.25, 0.3) is 0 Å². The lowest BCUT2D eigenvalue weighted by Crippen LogP contribution is -2.03. The van der Waals surface area contributed by atoms with E-state index >= 15 is 0 Å². The van der Waals surface area contributed by atoms with Crippen molar-refractivity contribution in [1.29, 1.82) is 0 Å². The molecule has 2 atom stereocenters. The lowest BCUT2D eigenvalue weighted by Gasteiger charge is -2.10. The van der Waals surface area contributed by atoms with Gasteiger partial charge in [-0.15, -0.1) is 18.5 Å². The van der Waals surface area contributed by atoms with Crippen molar-refractivity contribution in [3.05, 3.63) is 46.8 Å². The molecule has 3 rings (SSSR count). The van der Waals surface area contributed by atoms with Gasteiger partial charge in [-0.05, 0) is 47.2 Å². The second kappa shape index (κ2) is 6.02. The Labute approximate surface area is 136 Å². The fourth-order valence-electron chi connectivity index (χ4n) is 1.89. The summed E-state index contributed by atoms with van der Waals surface area (Å²) in [7, 11) is 5.30. The van der Waals surface area contributed by atoms with E-state index in [4.69, 9.17) is 27.9 Å². The molecule has 2 aromatic carbocycles. The fourth-order valence-corrected chi connectivity index (χ4v) is 3.16. The van der Waals surface area contributed by atoms with Crippen molar-refractivity contribution in [3.8, 4) is 11.5 Å². The van der Waals surface area contributed by atoms with E-state index in [1.54, 1.807) is 12.1 Å². The molecule has 1 aromatic heterocycles. The van der Waals surface area contributed by atoms with Gasteiger partial charge in [0.1, 0.15) is 16.7 Å². The second-order valence-corrected chi connectivity index (χ2v) is 6.35. The highest BCUT2D eigenvalue weighted by Crippen LogP contribution is 2.28. The van der Waals surface area contributed by atoms with Crippen molar-refractivity contribution in [2.75, 3.05) is 0 Å². The summed E-state index contributed by atoms with van der Waals surface area (Å²) >= 11 is 11.9. The molecule has 2 unspecified atom stereocenters. The van der Waals surface area contributed by atoms with Gasteiger partial charge in [0.15, 0.2) is 0 Å². The van der Waals surface area contributed by atoms with E-state index in [2.05, 4.69) is 28.4 Å².